The molecule has 0 aromatic heterocycles. The van der Waals surface area contributed by atoms with E-state index < -0.39 is 4.92 Å². The summed E-state index contributed by atoms with van der Waals surface area (Å²) >= 11 is 0. The van der Waals surface area contributed by atoms with E-state index in [0.717, 1.165) is 18.4 Å². The summed E-state index contributed by atoms with van der Waals surface area (Å²) in [6.45, 7) is 2.08. The van der Waals surface area contributed by atoms with Gasteiger partial charge in [0.2, 0.25) is 0 Å². The van der Waals surface area contributed by atoms with Crippen LogP contribution in [-0.2, 0) is 10.2 Å². The van der Waals surface area contributed by atoms with Crippen LogP contribution in [-0.4, -0.2) is 24.0 Å². The smallest absolute Gasteiger partial charge is 0.311 e. The molecule has 1 aliphatic carbocycles. The number of nitro groups is 1. The monoisotopic (exact) mass is 340 g/mol. The summed E-state index contributed by atoms with van der Waals surface area (Å²) in [6.07, 6.45) is 2.09. The average Bonchev–Trinajstić information content (AvgIpc) is 3.41. The third-order valence-electron chi connectivity index (χ3n) is 4.53. The zero-order chi connectivity index (χ0) is 17.9. The maximum Gasteiger partial charge on any atom is 0.311 e. The highest BCUT2D eigenvalue weighted by Crippen LogP contribution is 2.47. The van der Waals surface area contributed by atoms with E-state index in [9.17, 15) is 14.9 Å². The lowest BCUT2D eigenvalue weighted by Gasteiger charge is -2.16. The number of rotatable bonds is 7. The summed E-state index contributed by atoms with van der Waals surface area (Å²) in [5.41, 5.74) is 1.88. The van der Waals surface area contributed by atoms with Crippen LogP contribution in [0.3, 0.4) is 0 Å². The number of nitrogens with zero attached hydrogens (tertiary/aromatic N) is 1. The minimum Gasteiger partial charge on any atom is -0.477 e. The Kier molecular flexibility index (Phi) is 4.70. The molecule has 1 saturated carbocycles. The van der Waals surface area contributed by atoms with Gasteiger partial charge in [0.15, 0.2) is 12.4 Å². The highest BCUT2D eigenvalue weighted by atomic mass is 16.6. The van der Waals surface area contributed by atoms with Crippen LogP contribution in [0.15, 0.2) is 48.5 Å². The Morgan fingerprint density at radius 1 is 1.24 bits per heavy atom. The molecule has 0 radical (unpaired) electrons. The molecule has 6 heteroatoms. The first-order valence-electron chi connectivity index (χ1n) is 8.20. The van der Waals surface area contributed by atoms with E-state index in [1.54, 1.807) is 13.0 Å². The van der Waals surface area contributed by atoms with E-state index in [1.807, 2.05) is 18.2 Å². The van der Waals surface area contributed by atoms with Gasteiger partial charge in [-0.3, -0.25) is 14.9 Å². The summed E-state index contributed by atoms with van der Waals surface area (Å²) < 4.78 is 5.35. The van der Waals surface area contributed by atoms with Gasteiger partial charge in [-0.05, 0) is 37.0 Å². The molecule has 1 N–H and O–H groups in total. The topological polar surface area (TPSA) is 81.5 Å². The normalized spacial score (nSPS) is 14.6. The zero-order valence-electron chi connectivity index (χ0n) is 14.0. The minimum absolute atomic E-state index is 0.0206. The van der Waals surface area contributed by atoms with Gasteiger partial charge in [-0.15, -0.1) is 0 Å². The van der Waals surface area contributed by atoms with Crippen molar-refractivity contribution in [2.75, 3.05) is 13.2 Å². The zero-order valence-corrected chi connectivity index (χ0v) is 14.0. The van der Waals surface area contributed by atoms with E-state index in [0.29, 0.717) is 6.54 Å². The van der Waals surface area contributed by atoms with E-state index >= 15 is 0 Å². The van der Waals surface area contributed by atoms with Gasteiger partial charge in [-0.25, -0.2) is 0 Å². The van der Waals surface area contributed by atoms with Crippen LogP contribution in [0, 0.1) is 17.0 Å². The van der Waals surface area contributed by atoms with Crippen molar-refractivity contribution in [2.24, 2.45) is 0 Å². The second-order valence-electron chi connectivity index (χ2n) is 6.44. The van der Waals surface area contributed by atoms with Gasteiger partial charge in [0.25, 0.3) is 5.91 Å². The SMILES string of the molecule is Cc1ccc(OCC(=O)NCC2(c3ccccc3)CC2)c([N+](=O)[O-])c1. The predicted molar refractivity (Wildman–Crippen MR) is 93.7 cm³/mol. The fraction of sp³-hybridized carbons (Fsp3) is 0.316. The van der Waals surface area contributed by atoms with Gasteiger partial charge < -0.3 is 10.1 Å². The number of carbonyl (C=O) groups excluding carboxylic acids is 1. The standard InChI is InChI=1S/C19H20N2O4/c1-14-7-8-17(16(11-14)21(23)24)25-12-18(22)20-13-19(9-10-19)15-5-3-2-4-6-15/h2-8,11H,9-10,12-13H2,1H3,(H,20,22). The van der Waals surface area contributed by atoms with Gasteiger partial charge >= 0.3 is 5.69 Å². The average molecular weight is 340 g/mol. The molecule has 0 heterocycles. The van der Waals surface area contributed by atoms with Crippen molar-refractivity contribution >= 4 is 11.6 Å². The van der Waals surface area contributed by atoms with Crippen molar-refractivity contribution < 1.29 is 14.5 Å². The molecule has 2 aromatic carbocycles. The lowest BCUT2D eigenvalue weighted by Crippen LogP contribution is -2.35. The van der Waals surface area contributed by atoms with Crippen LogP contribution in [0.1, 0.15) is 24.0 Å². The van der Waals surface area contributed by atoms with Crippen molar-refractivity contribution in [1.82, 2.24) is 5.32 Å². The summed E-state index contributed by atoms with van der Waals surface area (Å²) in [7, 11) is 0. The molecule has 0 unspecified atom stereocenters. The number of ether oxygens (including phenoxy) is 1. The molecule has 2 aromatic rings. The first-order valence-corrected chi connectivity index (χ1v) is 8.20. The van der Waals surface area contributed by atoms with Crippen LogP contribution in [0.5, 0.6) is 5.75 Å². The number of benzene rings is 2. The Bertz CT molecular complexity index is 785. The van der Waals surface area contributed by atoms with Gasteiger partial charge in [0.05, 0.1) is 4.92 Å². The first-order chi connectivity index (χ1) is 12.0. The quantitative estimate of drug-likeness (QED) is 0.620. The first kappa shape index (κ1) is 17.0. The minimum atomic E-state index is -0.505. The molecule has 25 heavy (non-hydrogen) atoms. The molecule has 0 atom stereocenters. The number of hydrogen-bond donors (Lipinski definition) is 1. The van der Waals surface area contributed by atoms with E-state index in [-0.39, 0.29) is 29.4 Å². The van der Waals surface area contributed by atoms with Crippen molar-refractivity contribution in [1.29, 1.82) is 0 Å². The van der Waals surface area contributed by atoms with Crippen LogP contribution in [0.4, 0.5) is 5.69 Å². The van der Waals surface area contributed by atoms with E-state index in [4.69, 9.17) is 4.74 Å². The highest BCUT2D eigenvalue weighted by Gasteiger charge is 2.44. The lowest BCUT2D eigenvalue weighted by atomic mass is 9.96. The van der Waals surface area contributed by atoms with Gasteiger partial charge in [0.1, 0.15) is 0 Å². The van der Waals surface area contributed by atoms with Gasteiger partial charge in [0, 0.05) is 18.0 Å². The summed E-state index contributed by atoms with van der Waals surface area (Å²) in [4.78, 5) is 22.6. The van der Waals surface area contributed by atoms with Crippen molar-refractivity contribution in [3.63, 3.8) is 0 Å². The van der Waals surface area contributed by atoms with Gasteiger partial charge in [-0.1, -0.05) is 36.4 Å². The number of nitro benzene ring substituents is 1. The molecule has 0 aliphatic heterocycles. The Balaban J connectivity index is 1.55. The highest BCUT2D eigenvalue weighted by molar-refractivity contribution is 5.78. The molecule has 1 aliphatic rings. The summed E-state index contributed by atoms with van der Waals surface area (Å²) in [5.74, 6) is -0.174. The van der Waals surface area contributed by atoms with Gasteiger partial charge in [-0.2, -0.15) is 0 Å². The number of carbonyl (C=O) groups is 1. The lowest BCUT2D eigenvalue weighted by molar-refractivity contribution is -0.385. The molecule has 1 fully saturated rings. The number of hydrogen-bond acceptors (Lipinski definition) is 4. The Morgan fingerprint density at radius 3 is 2.60 bits per heavy atom. The molecule has 0 spiro atoms. The molecule has 0 bridgehead atoms. The Hall–Kier alpha value is -2.89. The van der Waals surface area contributed by atoms with Crippen molar-refractivity contribution in [2.45, 2.75) is 25.2 Å². The third-order valence-corrected chi connectivity index (χ3v) is 4.53. The van der Waals surface area contributed by atoms with Crippen LogP contribution >= 0.6 is 0 Å². The van der Waals surface area contributed by atoms with Crippen LogP contribution in [0.2, 0.25) is 0 Å². The van der Waals surface area contributed by atoms with Crippen LogP contribution in [0.25, 0.3) is 0 Å². The molecule has 3 rings (SSSR count). The maximum atomic E-state index is 12.1. The van der Waals surface area contributed by atoms with E-state index in [1.165, 1.54) is 17.7 Å². The second-order valence-corrected chi connectivity index (χ2v) is 6.44. The Labute approximate surface area is 146 Å². The molecule has 6 nitrogen and oxygen atoms in total. The summed E-state index contributed by atoms with van der Waals surface area (Å²) in [5, 5.41) is 13.9. The molecule has 1 amide bonds. The fourth-order valence-corrected chi connectivity index (χ4v) is 2.86. The molecular weight excluding hydrogens is 320 g/mol. The number of nitrogens with one attached hydrogen (secondary N) is 1. The summed E-state index contributed by atoms with van der Waals surface area (Å²) in [6, 6.07) is 14.8. The molecular formula is C19H20N2O4. The number of aryl methyl sites for hydroxylation is 1. The fourth-order valence-electron chi connectivity index (χ4n) is 2.86. The predicted octanol–water partition coefficient (Wildman–Crippen LogP) is 3.13. The van der Waals surface area contributed by atoms with Crippen LogP contribution < -0.4 is 10.1 Å². The van der Waals surface area contributed by atoms with E-state index in [2.05, 4.69) is 17.4 Å². The molecule has 130 valence electrons. The largest absolute Gasteiger partial charge is 0.477 e. The third kappa shape index (κ3) is 3.96. The Morgan fingerprint density at radius 2 is 1.96 bits per heavy atom. The maximum absolute atomic E-state index is 12.1. The van der Waals surface area contributed by atoms with Crippen molar-refractivity contribution in [3.05, 3.63) is 69.8 Å². The second kappa shape index (κ2) is 6.93. The number of amides is 1. The molecule has 0 saturated heterocycles. The van der Waals surface area contributed by atoms with Crippen molar-refractivity contribution in [3.8, 4) is 5.75 Å².